The third-order valence-corrected chi connectivity index (χ3v) is 7.63. The minimum Gasteiger partial charge on any atom is -0.481 e. The van der Waals surface area contributed by atoms with Crippen molar-refractivity contribution >= 4 is 17.7 Å². The minimum atomic E-state index is -0.946. The van der Waals surface area contributed by atoms with Crippen molar-refractivity contribution in [3.05, 3.63) is 23.8 Å². The van der Waals surface area contributed by atoms with Crippen LogP contribution in [0.4, 0.5) is 0 Å². The lowest BCUT2D eigenvalue weighted by molar-refractivity contribution is -0.164. The molecule has 0 aromatic carbocycles. The predicted octanol–water partition coefficient (Wildman–Crippen LogP) is 5.40. The van der Waals surface area contributed by atoms with Crippen LogP contribution in [0.15, 0.2) is 23.8 Å². The maximum absolute atomic E-state index is 12.1. The van der Waals surface area contributed by atoms with E-state index in [-0.39, 0.29) is 36.4 Å². The number of allylic oxidation sites excluding steroid dienone is 3. The molecule has 0 bridgehead atoms. The van der Waals surface area contributed by atoms with E-state index in [0.717, 1.165) is 50.5 Å². The Balaban J connectivity index is 2.04. The number of aliphatic carboxylic acids is 2. The normalized spacial score (nSPS) is 32.5. The molecule has 2 aliphatic rings. The SMILES string of the molecule is C=C1CC[C@@H]2[C@](C)(CCC[C@]2(C)C(=O)O)[C@H]1CC/C(C)=C/CC(=O)CCC(=O)O. The third kappa shape index (κ3) is 5.18. The maximum atomic E-state index is 12.1. The second kappa shape index (κ2) is 9.27. The second-order valence-corrected chi connectivity index (χ2v) is 9.61. The number of carbonyl (C=O) groups excluding carboxylic acids is 1. The zero-order valence-corrected chi connectivity index (χ0v) is 18.1. The molecule has 0 aliphatic heterocycles. The molecule has 2 N–H and O–H groups in total. The molecule has 0 aromatic heterocycles. The van der Waals surface area contributed by atoms with Crippen molar-refractivity contribution in [3.8, 4) is 0 Å². The molecule has 0 radical (unpaired) electrons. The summed E-state index contributed by atoms with van der Waals surface area (Å²) in [5, 5.41) is 18.6. The Morgan fingerprint density at radius 3 is 2.45 bits per heavy atom. The summed E-state index contributed by atoms with van der Waals surface area (Å²) in [7, 11) is 0. The summed E-state index contributed by atoms with van der Waals surface area (Å²) in [6, 6.07) is 0. The van der Waals surface area contributed by atoms with Crippen molar-refractivity contribution in [2.24, 2.45) is 22.7 Å². The Bertz CT molecular complexity index is 706. The Labute approximate surface area is 174 Å². The average molecular weight is 405 g/mol. The van der Waals surface area contributed by atoms with Gasteiger partial charge in [-0.25, -0.2) is 0 Å². The van der Waals surface area contributed by atoms with Crippen molar-refractivity contribution in [2.75, 3.05) is 0 Å². The second-order valence-electron chi connectivity index (χ2n) is 9.61. The van der Waals surface area contributed by atoms with Crippen LogP contribution in [0.2, 0.25) is 0 Å². The minimum absolute atomic E-state index is 0.0433. The fourth-order valence-corrected chi connectivity index (χ4v) is 5.85. The van der Waals surface area contributed by atoms with Crippen LogP contribution in [0.5, 0.6) is 0 Å². The van der Waals surface area contributed by atoms with Crippen molar-refractivity contribution in [1.82, 2.24) is 0 Å². The van der Waals surface area contributed by atoms with Crippen LogP contribution in [0.1, 0.15) is 85.0 Å². The van der Waals surface area contributed by atoms with Crippen LogP contribution in [-0.4, -0.2) is 27.9 Å². The van der Waals surface area contributed by atoms with E-state index in [1.54, 1.807) is 0 Å². The highest BCUT2D eigenvalue weighted by Crippen LogP contribution is 2.62. The molecule has 0 amide bonds. The van der Waals surface area contributed by atoms with Gasteiger partial charge in [0.05, 0.1) is 11.8 Å². The Morgan fingerprint density at radius 2 is 1.83 bits per heavy atom. The van der Waals surface area contributed by atoms with Gasteiger partial charge in [0.2, 0.25) is 0 Å². The zero-order chi connectivity index (χ0) is 21.8. The Hall–Kier alpha value is -1.91. The first-order valence-electron chi connectivity index (χ1n) is 10.8. The zero-order valence-electron chi connectivity index (χ0n) is 18.1. The number of rotatable bonds is 9. The molecular weight excluding hydrogens is 368 g/mol. The lowest BCUT2D eigenvalue weighted by Gasteiger charge is -2.57. The van der Waals surface area contributed by atoms with Crippen LogP contribution in [0, 0.1) is 22.7 Å². The van der Waals surface area contributed by atoms with E-state index in [2.05, 4.69) is 13.5 Å². The molecule has 0 saturated heterocycles. The first kappa shape index (κ1) is 23.4. The summed E-state index contributed by atoms with van der Waals surface area (Å²) in [6.45, 7) is 10.5. The molecule has 0 heterocycles. The Kier molecular flexibility index (Phi) is 7.47. The number of Topliss-reactive ketones (excluding diaryl/α,β-unsaturated/α-hetero) is 1. The Morgan fingerprint density at radius 1 is 1.14 bits per heavy atom. The number of hydrogen-bond donors (Lipinski definition) is 2. The van der Waals surface area contributed by atoms with E-state index in [1.165, 1.54) is 5.57 Å². The summed E-state index contributed by atoms with van der Waals surface area (Å²) in [6.07, 6.45) is 8.45. The molecule has 5 nitrogen and oxygen atoms in total. The lowest BCUT2D eigenvalue weighted by atomic mass is 9.46. The van der Waals surface area contributed by atoms with Crippen LogP contribution >= 0.6 is 0 Å². The number of fused-ring (bicyclic) bond motifs is 1. The van der Waals surface area contributed by atoms with Gasteiger partial charge in [-0.3, -0.25) is 14.4 Å². The number of carboxylic acid groups (broad SMARTS) is 2. The standard InChI is InChI=1S/C24H36O5/c1-16(6-9-18(25)10-13-21(26)27)7-11-19-17(2)8-12-20-23(19,3)14-5-15-24(20,4)22(28)29/h6,19-20H,2,5,7-15H2,1,3-4H3,(H,26,27)(H,28,29)/b16-6+/t19-,20+,23+,24-/m0/s1. The summed E-state index contributed by atoms with van der Waals surface area (Å²) in [5.41, 5.74) is 1.67. The van der Waals surface area contributed by atoms with Crippen LogP contribution in [0.3, 0.4) is 0 Å². The molecular formula is C24H36O5. The molecule has 2 aliphatic carbocycles. The number of carbonyl (C=O) groups is 3. The molecule has 29 heavy (non-hydrogen) atoms. The van der Waals surface area contributed by atoms with Gasteiger partial charge in [-0.2, -0.15) is 0 Å². The monoisotopic (exact) mass is 404 g/mol. The molecule has 0 unspecified atom stereocenters. The molecule has 5 heteroatoms. The molecule has 2 saturated carbocycles. The van der Waals surface area contributed by atoms with E-state index in [9.17, 15) is 19.5 Å². The van der Waals surface area contributed by atoms with Gasteiger partial charge in [-0.1, -0.05) is 37.1 Å². The van der Waals surface area contributed by atoms with Gasteiger partial charge in [0, 0.05) is 12.8 Å². The lowest BCUT2D eigenvalue weighted by Crippen LogP contribution is -2.53. The number of hydrogen-bond acceptors (Lipinski definition) is 3. The highest BCUT2D eigenvalue weighted by Gasteiger charge is 2.57. The summed E-state index contributed by atoms with van der Waals surface area (Å²) in [4.78, 5) is 34.4. The summed E-state index contributed by atoms with van der Waals surface area (Å²) >= 11 is 0. The van der Waals surface area contributed by atoms with E-state index in [0.29, 0.717) is 5.92 Å². The van der Waals surface area contributed by atoms with Crippen LogP contribution in [0.25, 0.3) is 0 Å². The van der Waals surface area contributed by atoms with Crippen LogP contribution in [-0.2, 0) is 14.4 Å². The first-order valence-corrected chi connectivity index (χ1v) is 10.8. The molecule has 162 valence electrons. The molecule has 2 fully saturated rings. The van der Waals surface area contributed by atoms with Crippen molar-refractivity contribution in [1.29, 1.82) is 0 Å². The fourth-order valence-electron chi connectivity index (χ4n) is 5.85. The van der Waals surface area contributed by atoms with Crippen molar-refractivity contribution in [3.63, 3.8) is 0 Å². The van der Waals surface area contributed by atoms with E-state index in [4.69, 9.17) is 5.11 Å². The van der Waals surface area contributed by atoms with Gasteiger partial charge < -0.3 is 10.2 Å². The first-order chi connectivity index (χ1) is 13.5. The van der Waals surface area contributed by atoms with Crippen molar-refractivity contribution in [2.45, 2.75) is 85.0 Å². The highest BCUT2D eigenvalue weighted by molar-refractivity contribution is 5.83. The number of ketones is 1. The van der Waals surface area contributed by atoms with E-state index < -0.39 is 17.4 Å². The molecule has 2 rings (SSSR count). The summed E-state index contributed by atoms with van der Waals surface area (Å²) in [5.74, 6) is -1.20. The van der Waals surface area contributed by atoms with Crippen LogP contribution < -0.4 is 0 Å². The summed E-state index contributed by atoms with van der Waals surface area (Å²) < 4.78 is 0. The molecule has 0 spiro atoms. The van der Waals surface area contributed by atoms with E-state index in [1.807, 2.05) is 19.9 Å². The number of carboxylic acids is 2. The largest absolute Gasteiger partial charge is 0.481 e. The van der Waals surface area contributed by atoms with Gasteiger partial charge in [0.25, 0.3) is 0 Å². The van der Waals surface area contributed by atoms with Crippen molar-refractivity contribution < 1.29 is 24.6 Å². The van der Waals surface area contributed by atoms with Gasteiger partial charge in [-0.05, 0) is 69.6 Å². The van der Waals surface area contributed by atoms with Gasteiger partial charge in [-0.15, -0.1) is 0 Å². The topological polar surface area (TPSA) is 91.7 Å². The van der Waals surface area contributed by atoms with Gasteiger partial charge >= 0.3 is 11.9 Å². The average Bonchev–Trinajstić information content (AvgIpc) is 2.63. The maximum Gasteiger partial charge on any atom is 0.309 e. The molecule has 0 aromatic rings. The van der Waals surface area contributed by atoms with Gasteiger partial charge in [0.1, 0.15) is 5.78 Å². The smallest absolute Gasteiger partial charge is 0.309 e. The van der Waals surface area contributed by atoms with Gasteiger partial charge in [0.15, 0.2) is 0 Å². The quantitative estimate of drug-likeness (QED) is 0.502. The third-order valence-electron chi connectivity index (χ3n) is 7.63. The molecule has 4 atom stereocenters. The van der Waals surface area contributed by atoms with E-state index >= 15 is 0 Å². The predicted molar refractivity (Wildman–Crippen MR) is 113 cm³/mol. The highest BCUT2D eigenvalue weighted by atomic mass is 16.4. The fraction of sp³-hybridized carbons (Fsp3) is 0.708.